The van der Waals surface area contributed by atoms with Gasteiger partial charge in [-0.05, 0) is 25.4 Å². The molecule has 0 radical (unpaired) electrons. The normalized spacial score (nSPS) is 17.0. The standard InChI is InChI=1S/C15H27N5OS/c1-3-16-15(17-6-4-12-22-2)20-9-7-19(8-10-20)13-14-5-11-21-18-14/h5,11H,3-4,6-10,12-13H2,1-2H3,(H,16,17). The van der Waals surface area contributed by atoms with Crippen LogP contribution in [0.5, 0.6) is 0 Å². The lowest BCUT2D eigenvalue weighted by Crippen LogP contribution is -2.52. The van der Waals surface area contributed by atoms with Crippen LogP contribution in [0.4, 0.5) is 0 Å². The first kappa shape index (κ1) is 17.1. The van der Waals surface area contributed by atoms with Gasteiger partial charge in [0.2, 0.25) is 0 Å². The zero-order chi connectivity index (χ0) is 15.6. The zero-order valence-electron chi connectivity index (χ0n) is 13.6. The number of piperazine rings is 1. The average Bonchev–Trinajstić information content (AvgIpc) is 3.04. The van der Waals surface area contributed by atoms with Crippen LogP contribution in [0.15, 0.2) is 21.8 Å². The van der Waals surface area contributed by atoms with Crippen LogP contribution in [0.3, 0.4) is 0 Å². The van der Waals surface area contributed by atoms with Crippen molar-refractivity contribution in [2.45, 2.75) is 19.9 Å². The third kappa shape index (κ3) is 5.53. The molecule has 1 aromatic rings. The summed E-state index contributed by atoms with van der Waals surface area (Å²) in [4.78, 5) is 9.52. The molecule has 2 heterocycles. The van der Waals surface area contributed by atoms with Crippen molar-refractivity contribution in [2.24, 2.45) is 4.99 Å². The minimum absolute atomic E-state index is 0.867. The fourth-order valence-electron chi connectivity index (χ4n) is 2.49. The number of aliphatic imine (C=N–C) groups is 1. The predicted octanol–water partition coefficient (Wildman–Crippen LogP) is 1.51. The second-order valence-corrected chi connectivity index (χ2v) is 6.32. The summed E-state index contributed by atoms with van der Waals surface area (Å²) in [5.41, 5.74) is 1.01. The molecule has 124 valence electrons. The van der Waals surface area contributed by atoms with Crippen LogP contribution in [-0.4, -0.2) is 72.2 Å². The summed E-state index contributed by atoms with van der Waals surface area (Å²) in [5, 5.41) is 7.40. The van der Waals surface area contributed by atoms with E-state index in [-0.39, 0.29) is 0 Å². The molecule has 22 heavy (non-hydrogen) atoms. The predicted molar refractivity (Wildman–Crippen MR) is 92.3 cm³/mol. The number of guanidine groups is 1. The first-order valence-electron chi connectivity index (χ1n) is 7.97. The van der Waals surface area contributed by atoms with Gasteiger partial charge in [0, 0.05) is 51.9 Å². The maximum atomic E-state index is 4.89. The first-order valence-corrected chi connectivity index (χ1v) is 9.36. The van der Waals surface area contributed by atoms with E-state index in [1.54, 1.807) is 6.26 Å². The van der Waals surface area contributed by atoms with E-state index >= 15 is 0 Å². The van der Waals surface area contributed by atoms with E-state index in [4.69, 9.17) is 9.52 Å². The number of rotatable bonds is 7. The molecule has 1 aliphatic heterocycles. The molecule has 7 heteroatoms. The van der Waals surface area contributed by atoms with Crippen molar-refractivity contribution in [1.29, 1.82) is 0 Å². The van der Waals surface area contributed by atoms with Crippen molar-refractivity contribution < 1.29 is 4.52 Å². The molecule has 1 fully saturated rings. The van der Waals surface area contributed by atoms with Crippen LogP contribution < -0.4 is 5.32 Å². The highest BCUT2D eigenvalue weighted by molar-refractivity contribution is 7.98. The van der Waals surface area contributed by atoms with Gasteiger partial charge in [-0.1, -0.05) is 5.16 Å². The second-order valence-electron chi connectivity index (χ2n) is 5.34. The molecule has 1 aromatic heterocycles. The Morgan fingerprint density at radius 2 is 2.23 bits per heavy atom. The topological polar surface area (TPSA) is 56.9 Å². The lowest BCUT2D eigenvalue weighted by Gasteiger charge is -2.36. The van der Waals surface area contributed by atoms with Crippen LogP contribution in [-0.2, 0) is 6.54 Å². The van der Waals surface area contributed by atoms with Gasteiger partial charge in [0.25, 0.3) is 0 Å². The molecule has 2 rings (SSSR count). The average molecular weight is 325 g/mol. The molecule has 1 N–H and O–H groups in total. The van der Waals surface area contributed by atoms with Gasteiger partial charge in [0.05, 0.1) is 5.69 Å². The Hall–Kier alpha value is -1.21. The smallest absolute Gasteiger partial charge is 0.194 e. The van der Waals surface area contributed by atoms with Crippen molar-refractivity contribution in [3.63, 3.8) is 0 Å². The van der Waals surface area contributed by atoms with Gasteiger partial charge in [-0.15, -0.1) is 0 Å². The van der Waals surface area contributed by atoms with Crippen molar-refractivity contribution in [2.75, 3.05) is 51.3 Å². The van der Waals surface area contributed by atoms with E-state index in [0.29, 0.717) is 0 Å². The molecule has 1 aliphatic rings. The second kappa shape index (κ2) is 9.74. The van der Waals surface area contributed by atoms with Crippen molar-refractivity contribution >= 4 is 17.7 Å². The lowest BCUT2D eigenvalue weighted by molar-refractivity contribution is 0.169. The molecule has 0 spiro atoms. The number of thioether (sulfide) groups is 1. The first-order chi connectivity index (χ1) is 10.8. The number of hydrogen-bond acceptors (Lipinski definition) is 5. The summed E-state index contributed by atoms with van der Waals surface area (Å²) in [6, 6.07) is 1.93. The molecule has 6 nitrogen and oxygen atoms in total. The largest absolute Gasteiger partial charge is 0.364 e. The number of nitrogens with zero attached hydrogens (tertiary/aromatic N) is 4. The maximum Gasteiger partial charge on any atom is 0.194 e. The molecule has 0 bridgehead atoms. The summed E-state index contributed by atoms with van der Waals surface area (Å²) >= 11 is 1.88. The van der Waals surface area contributed by atoms with E-state index in [9.17, 15) is 0 Å². The number of nitrogens with one attached hydrogen (secondary N) is 1. The van der Waals surface area contributed by atoms with E-state index < -0.39 is 0 Å². The van der Waals surface area contributed by atoms with E-state index in [1.807, 2.05) is 17.8 Å². The summed E-state index contributed by atoms with van der Waals surface area (Å²) in [7, 11) is 0. The highest BCUT2D eigenvalue weighted by Gasteiger charge is 2.20. The summed E-state index contributed by atoms with van der Waals surface area (Å²) in [6.07, 6.45) is 4.92. The highest BCUT2D eigenvalue weighted by Crippen LogP contribution is 2.07. The Labute approximate surface area is 137 Å². The highest BCUT2D eigenvalue weighted by atomic mass is 32.2. The minimum atomic E-state index is 0.867. The molecule has 0 atom stereocenters. The molecule has 0 amide bonds. The molecule has 0 unspecified atom stereocenters. The molecule has 1 saturated heterocycles. The quantitative estimate of drug-likeness (QED) is 0.466. The molecule has 0 aromatic carbocycles. The van der Waals surface area contributed by atoms with Crippen LogP contribution in [0.1, 0.15) is 19.0 Å². The third-order valence-electron chi connectivity index (χ3n) is 3.65. The Morgan fingerprint density at radius 1 is 1.41 bits per heavy atom. The fourth-order valence-corrected chi connectivity index (χ4v) is 2.90. The van der Waals surface area contributed by atoms with Crippen molar-refractivity contribution in [3.8, 4) is 0 Å². The number of aromatic nitrogens is 1. The minimum Gasteiger partial charge on any atom is -0.364 e. The molecule has 0 aliphatic carbocycles. The Bertz CT molecular complexity index is 429. The van der Waals surface area contributed by atoms with Crippen molar-refractivity contribution in [3.05, 3.63) is 18.0 Å². The number of hydrogen-bond donors (Lipinski definition) is 1. The monoisotopic (exact) mass is 325 g/mol. The van der Waals surface area contributed by atoms with Gasteiger partial charge in [-0.25, -0.2) is 0 Å². The van der Waals surface area contributed by atoms with E-state index in [2.05, 4.69) is 33.5 Å². The summed E-state index contributed by atoms with van der Waals surface area (Å²) in [5.74, 6) is 2.23. The van der Waals surface area contributed by atoms with Gasteiger partial charge in [0.1, 0.15) is 6.26 Å². The zero-order valence-corrected chi connectivity index (χ0v) is 14.4. The van der Waals surface area contributed by atoms with Crippen LogP contribution in [0.25, 0.3) is 0 Å². The van der Waals surface area contributed by atoms with Crippen LogP contribution in [0.2, 0.25) is 0 Å². The molecular weight excluding hydrogens is 298 g/mol. The van der Waals surface area contributed by atoms with Gasteiger partial charge in [-0.3, -0.25) is 9.89 Å². The van der Waals surface area contributed by atoms with Crippen molar-refractivity contribution in [1.82, 2.24) is 20.3 Å². The van der Waals surface area contributed by atoms with Crippen LogP contribution >= 0.6 is 11.8 Å². The van der Waals surface area contributed by atoms with E-state index in [1.165, 1.54) is 5.75 Å². The summed E-state index contributed by atoms with van der Waals surface area (Å²) in [6.45, 7) is 8.88. The van der Waals surface area contributed by atoms with Gasteiger partial charge in [0.15, 0.2) is 5.96 Å². The SMILES string of the molecule is CCNC(=NCCCSC)N1CCN(Cc2ccon2)CC1. The van der Waals surface area contributed by atoms with Gasteiger partial charge >= 0.3 is 0 Å². The molecule has 0 saturated carbocycles. The lowest BCUT2D eigenvalue weighted by atomic mass is 10.3. The summed E-state index contributed by atoms with van der Waals surface area (Å²) < 4.78 is 4.89. The van der Waals surface area contributed by atoms with Gasteiger partial charge < -0.3 is 14.7 Å². The van der Waals surface area contributed by atoms with Crippen LogP contribution in [0, 0.1) is 0 Å². The Morgan fingerprint density at radius 3 is 2.86 bits per heavy atom. The maximum absolute atomic E-state index is 4.89. The van der Waals surface area contributed by atoms with E-state index in [0.717, 1.165) is 63.9 Å². The Kier molecular flexibility index (Phi) is 7.59. The third-order valence-corrected chi connectivity index (χ3v) is 4.35. The Balaban J connectivity index is 1.79. The molecular formula is C15H27N5OS. The van der Waals surface area contributed by atoms with Gasteiger partial charge in [-0.2, -0.15) is 11.8 Å². The fraction of sp³-hybridized carbons (Fsp3) is 0.733.